The Morgan fingerprint density at radius 3 is 1.85 bits per heavy atom. The topological polar surface area (TPSA) is 98.8 Å². The maximum atomic E-state index is 14.0. The summed E-state index contributed by atoms with van der Waals surface area (Å²) in [5, 5.41) is -0.315. The minimum absolute atomic E-state index is 0.0157. The molecule has 2 aliphatic heterocycles. The van der Waals surface area contributed by atoms with Crippen LogP contribution >= 0.6 is 15.9 Å². The minimum Gasteiger partial charge on any atom is -0.458 e. The van der Waals surface area contributed by atoms with Gasteiger partial charge in [0.05, 0.1) is 23.9 Å². The van der Waals surface area contributed by atoms with Crippen molar-refractivity contribution < 1.29 is 41.5 Å². The van der Waals surface area contributed by atoms with Gasteiger partial charge in [0.15, 0.2) is 39.1 Å². The molecule has 14 heteroatoms. The molecule has 0 aliphatic carbocycles. The van der Waals surface area contributed by atoms with Crippen molar-refractivity contribution in [2.45, 2.75) is 243 Å². The second-order valence-corrected chi connectivity index (χ2v) is 43.5. The molecular weight excluding hydrogens is 949 g/mol. The number of fused-ring (bicyclic) bond motifs is 1. The van der Waals surface area contributed by atoms with Crippen molar-refractivity contribution in [2.24, 2.45) is 0 Å². The highest BCUT2D eigenvalue weighted by Crippen LogP contribution is 2.47. The zero-order chi connectivity index (χ0) is 49.4. The van der Waals surface area contributed by atoms with Crippen molar-refractivity contribution in [1.82, 2.24) is 0 Å². The van der Waals surface area contributed by atoms with Gasteiger partial charge in [-0.2, -0.15) is 0 Å². The van der Waals surface area contributed by atoms with Crippen LogP contribution in [0, 0.1) is 0 Å². The first-order chi connectivity index (χ1) is 29.8. The highest BCUT2D eigenvalue weighted by atomic mass is 79.9. The van der Waals surface area contributed by atoms with Gasteiger partial charge in [0.2, 0.25) is 0 Å². The molecule has 372 valence electrons. The lowest BCUT2D eigenvalue weighted by Gasteiger charge is -2.56. The van der Waals surface area contributed by atoms with Crippen LogP contribution in [0.3, 0.4) is 0 Å². The van der Waals surface area contributed by atoms with Crippen molar-refractivity contribution in [3.05, 3.63) is 59.1 Å². The molecule has 2 heterocycles. The quantitative estimate of drug-likeness (QED) is 0.0603. The zero-order valence-electron chi connectivity index (χ0n) is 44.0. The van der Waals surface area contributed by atoms with Gasteiger partial charge in [-0.15, -0.1) is 0 Å². The summed E-state index contributed by atoms with van der Waals surface area (Å²) >= 11 is 3.45. The SMILES string of the molecule is C=C(Br)C[C@H](CCC(=O)/C=C/C(O[Si](C)(C)C(C)(C)C)[C@@H]1OC2CC[C@H](CCO[Si](CC)(CC)CC)O[C@@H]2C(O[Si](C)(C)C(C)(C)C)[C@@H]1O[Si](C)(C)C(C)(C)C)OC(=O)c1ccccc1. The Bertz CT molecular complexity index is 1700. The van der Waals surface area contributed by atoms with Crippen LogP contribution in [0.4, 0.5) is 0 Å². The molecular formula is C51H91BrO9Si4. The molecule has 0 saturated carbocycles. The fourth-order valence-corrected chi connectivity index (χ4v) is 14.7. The maximum absolute atomic E-state index is 14.0. The number of esters is 1. The summed E-state index contributed by atoms with van der Waals surface area (Å²) in [6, 6.07) is 12.3. The van der Waals surface area contributed by atoms with Crippen molar-refractivity contribution in [2.75, 3.05) is 6.61 Å². The average molecular weight is 1040 g/mol. The fourth-order valence-electron chi connectivity index (χ4n) is 7.79. The third-order valence-corrected chi connectivity index (χ3v) is 34.0. The summed E-state index contributed by atoms with van der Waals surface area (Å²) in [7, 11) is -9.15. The molecule has 0 spiro atoms. The molecule has 0 N–H and O–H groups in total. The van der Waals surface area contributed by atoms with Crippen LogP contribution in [-0.4, -0.2) is 100 Å². The monoisotopic (exact) mass is 1040 g/mol. The number of carbonyl (C=O) groups excluding carboxylic acids is 2. The van der Waals surface area contributed by atoms with E-state index in [1.165, 1.54) is 0 Å². The van der Waals surface area contributed by atoms with Crippen LogP contribution in [0.2, 0.25) is 72.5 Å². The Balaban J connectivity index is 2.12. The van der Waals surface area contributed by atoms with Crippen LogP contribution < -0.4 is 0 Å². The largest absolute Gasteiger partial charge is 0.458 e. The molecule has 0 amide bonds. The summed E-state index contributed by atoms with van der Waals surface area (Å²) in [6.45, 7) is 45.6. The van der Waals surface area contributed by atoms with Crippen molar-refractivity contribution in [1.29, 1.82) is 0 Å². The van der Waals surface area contributed by atoms with Gasteiger partial charge in [-0.25, -0.2) is 4.79 Å². The van der Waals surface area contributed by atoms with E-state index in [1.807, 2.05) is 12.1 Å². The second-order valence-electron chi connectivity index (χ2n) is 23.3. The number of ketones is 1. The fraction of sp³-hybridized carbons (Fsp3) is 0.765. The molecule has 0 aromatic heterocycles. The summed E-state index contributed by atoms with van der Waals surface area (Å²) in [5.41, 5.74) is 0.464. The number of allylic oxidation sites excluding steroid dienone is 1. The number of hydrogen-bond donors (Lipinski definition) is 0. The van der Waals surface area contributed by atoms with E-state index in [2.05, 4.69) is 145 Å². The van der Waals surface area contributed by atoms with Gasteiger partial charge < -0.3 is 31.9 Å². The lowest BCUT2D eigenvalue weighted by molar-refractivity contribution is -0.267. The third kappa shape index (κ3) is 16.3. The van der Waals surface area contributed by atoms with Gasteiger partial charge in [-0.05, 0) is 121 Å². The molecule has 65 heavy (non-hydrogen) atoms. The highest BCUT2D eigenvalue weighted by Gasteiger charge is 2.58. The molecule has 9 nitrogen and oxygen atoms in total. The summed E-state index contributed by atoms with van der Waals surface area (Å²) in [4.78, 5) is 27.1. The summed E-state index contributed by atoms with van der Waals surface area (Å²) < 4.78 is 50.6. The molecule has 1 aromatic rings. The maximum Gasteiger partial charge on any atom is 0.338 e. The van der Waals surface area contributed by atoms with E-state index >= 15 is 0 Å². The van der Waals surface area contributed by atoms with E-state index in [9.17, 15) is 9.59 Å². The van der Waals surface area contributed by atoms with Crippen LogP contribution in [0.15, 0.2) is 53.5 Å². The van der Waals surface area contributed by atoms with E-state index in [-0.39, 0.29) is 45.6 Å². The van der Waals surface area contributed by atoms with Gasteiger partial charge in [0.25, 0.3) is 0 Å². The van der Waals surface area contributed by atoms with E-state index in [4.69, 9.17) is 31.9 Å². The van der Waals surface area contributed by atoms with E-state index < -0.39 is 69.8 Å². The smallest absolute Gasteiger partial charge is 0.338 e. The average Bonchev–Trinajstić information content (AvgIpc) is 3.19. The van der Waals surface area contributed by atoms with E-state index in [0.717, 1.165) is 37.4 Å². The Morgan fingerprint density at radius 1 is 0.800 bits per heavy atom. The molecule has 8 atom stereocenters. The van der Waals surface area contributed by atoms with Crippen molar-refractivity contribution in [3.63, 3.8) is 0 Å². The Labute approximate surface area is 408 Å². The summed E-state index contributed by atoms with van der Waals surface area (Å²) in [5.74, 6) is -0.517. The minimum atomic E-state index is -2.49. The Kier molecular flexibility index (Phi) is 21.2. The normalized spacial score (nSPS) is 23.8. The Hall–Kier alpha value is -1.05. The Morgan fingerprint density at radius 2 is 1.34 bits per heavy atom. The number of carbonyl (C=O) groups is 2. The predicted octanol–water partition coefficient (Wildman–Crippen LogP) is 14.3. The number of rotatable bonds is 23. The molecule has 2 saturated heterocycles. The molecule has 2 fully saturated rings. The molecule has 3 rings (SSSR count). The lowest BCUT2D eigenvalue weighted by atomic mass is 9.87. The molecule has 0 bridgehead atoms. The predicted molar refractivity (Wildman–Crippen MR) is 282 cm³/mol. The van der Waals surface area contributed by atoms with Crippen molar-refractivity contribution >= 4 is 61.0 Å². The van der Waals surface area contributed by atoms with Crippen LogP contribution in [0.5, 0.6) is 0 Å². The van der Waals surface area contributed by atoms with E-state index in [1.54, 1.807) is 30.3 Å². The molecule has 0 radical (unpaired) electrons. The standard InChI is InChI=1S/C51H91BrO9Si4/c1-20-65(21-2,22-3)55-35-34-40-31-33-42-44(56-40)46(60-63(16,17)50(8,9)10)47(61-64(18,19)51(11,12)13)45(58-42)43(59-62(14,15)49(5,6)7)32-29-39(53)28-30-41(36-37(4)52)57-48(54)38-26-24-23-25-27-38/h23-27,29,32,40-47H,4,20-22,28,30-31,33-36H2,1-3,5-19H3/b32-29+/t40-,41+,42?,43?,44+,45+,46?,47-/m1/s1. The first kappa shape index (κ1) is 58.3. The zero-order valence-corrected chi connectivity index (χ0v) is 49.6. The van der Waals surface area contributed by atoms with E-state index in [0.29, 0.717) is 29.5 Å². The number of ether oxygens (including phenoxy) is 3. The first-order valence-corrected chi connectivity index (χ1v) is 36.7. The van der Waals surface area contributed by atoms with Crippen LogP contribution in [0.1, 0.15) is 132 Å². The number of hydrogen-bond acceptors (Lipinski definition) is 9. The van der Waals surface area contributed by atoms with Gasteiger partial charge in [0, 0.05) is 19.4 Å². The molecule has 3 unspecified atom stereocenters. The van der Waals surface area contributed by atoms with Crippen LogP contribution in [0.25, 0.3) is 0 Å². The highest BCUT2D eigenvalue weighted by molar-refractivity contribution is 9.11. The van der Waals surface area contributed by atoms with Gasteiger partial charge in [-0.1, -0.05) is 130 Å². The number of halogens is 1. The summed E-state index contributed by atoms with van der Waals surface area (Å²) in [6.07, 6.45) is 3.69. The van der Waals surface area contributed by atoms with Gasteiger partial charge in [-0.3, -0.25) is 4.79 Å². The third-order valence-electron chi connectivity index (χ3n) is 15.5. The molecule has 2 aliphatic rings. The second kappa shape index (κ2) is 23.7. The molecule has 1 aromatic carbocycles. The van der Waals surface area contributed by atoms with Gasteiger partial charge >= 0.3 is 5.97 Å². The van der Waals surface area contributed by atoms with Crippen LogP contribution in [-0.2, 0) is 36.7 Å². The number of benzene rings is 1. The van der Waals surface area contributed by atoms with Gasteiger partial charge in [0.1, 0.15) is 30.5 Å². The lowest BCUT2D eigenvalue weighted by Crippen LogP contribution is -2.69. The first-order valence-electron chi connectivity index (χ1n) is 24.6. The van der Waals surface area contributed by atoms with Crippen molar-refractivity contribution in [3.8, 4) is 0 Å².